The smallest absolute Gasteiger partial charge is 0.264 e. The van der Waals surface area contributed by atoms with E-state index >= 15 is 0 Å². The number of hydrogen-bond acceptors (Lipinski definition) is 3. The van der Waals surface area contributed by atoms with E-state index in [9.17, 15) is 9.59 Å². The molecule has 1 unspecified atom stereocenters. The second-order valence-corrected chi connectivity index (χ2v) is 6.27. The first-order valence-corrected chi connectivity index (χ1v) is 8.10. The summed E-state index contributed by atoms with van der Waals surface area (Å²) >= 11 is 0. The molecule has 1 atom stereocenters. The lowest BCUT2D eigenvalue weighted by Crippen LogP contribution is -2.31. The minimum Gasteiger partial charge on any atom is -0.483 e. The van der Waals surface area contributed by atoms with Gasteiger partial charge in [0.25, 0.3) is 5.91 Å². The number of benzene rings is 2. The molecule has 0 aromatic heterocycles. The molecule has 124 valence electrons. The zero-order chi connectivity index (χ0) is 17.3. The molecule has 0 saturated heterocycles. The largest absolute Gasteiger partial charge is 0.483 e. The van der Waals surface area contributed by atoms with Gasteiger partial charge in [-0.15, -0.1) is 0 Å². The zero-order valence-electron chi connectivity index (χ0n) is 14.2. The third-order valence-corrected chi connectivity index (χ3v) is 4.56. The van der Waals surface area contributed by atoms with Crippen LogP contribution in [0.1, 0.15) is 40.7 Å². The van der Waals surface area contributed by atoms with Gasteiger partial charge in [-0.3, -0.25) is 9.59 Å². The van der Waals surface area contributed by atoms with Crippen LogP contribution in [0.5, 0.6) is 5.75 Å². The molecule has 0 fully saturated rings. The molecule has 0 saturated carbocycles. The molecule has 0 heterocycles. The number of carbonyl (C=O) groups is 2. The number of amides is 1. The predicted octanol–water partition coefficient (Wildman–Crippen LogP) is 3.73. The maximum Gasteiger partial charge on any atom is 0.264 e. The molecule has 2 aromatic rings. The Bertz CT molecular complexity index is 783. The Morgan fingerprint density at radius 2 is 1.92 bits per heavy atom. The molecule has 1 amide bonds. The van der Waals surface area contributed by atoms with Crippen molar-refractivity contribution >= 4 is 17.4 Å². The normalized spacial score (nSPS) is 16.0. The average Bonchev–Trinajstić information content (AvgIpc) is 2.90. The highest BCUT2D eigenvalue weighted by atomic mass is 16.5. The number of likely N-dealkylation sites (N-methyl/N-ethyl adjacent to an activating group) is 1. The van der Waals surface area contributed by atoms with Gasteiger partial charge in [-0.2, -0.15) is 0 Å². The van der Waals surface area contributed by atoms with Gasteiger partial charge in [-0.1, -0.05) is 31.2 Å². The third-order valence-electron chi connectivity index (χ3n) is 4.56. The summed E-state index contributed by atoms with van der Waals surface area (Å²) in [5.41, 5.74) is 3.62. The highest BCUT2D eigenvalue weighted by molar-refractivity contribution is 6.04. The van der Waals surface area contributed by atoms with Crippen LogP contribution < -0.4 is 9.64 Å². The topological polar surface area (TPSA) is 46.6 Å². The molecule has 0 radical (unpaired) electrons. The monoisotopic (exact) mass is 323 g/mol. The summed E-state index contributed by atoms with van der Waals surface area (Å²) in [6.45, 7) is 3.96. The molecular formula is C20H21NO3. The summed E-state index contributed by atoms with van der Waals surface area (Å²) in [5, 5.41) is 0. The molecule has 0 bridgehead atoms. The van der Waals surface area contributed by atoms with Crippen molar-refractivity contribution in [2.45, 2.75) is 26.2 Å². The van der Waals surface area contributed by atoms with Crippen LogP contribution in [0.2, 0.25) is 0 Å². The summed E-state index contributed by atoms with van der Waals surface area (Å²) in [7, 11) is 1.72. The summed E-state index contributed by atoms with van der Waals surface area (Å²) in [5.74, 6) is 0.660. The standard InChI is InChI=1S/C20H21NO3/c1-13-9-10-17(20-16(22)11-14(2)19(13)20)24-12-18(23)21(3)15-7-5-4-6-8-15/h4-10,14H,11-12H2,1-3H3. The summed E-state index contributed by atoms with van der Waals surface area (Å²) < 4.78 is 5.71. The molecule has 1 aliphatic carbocycles. The number of hydrogen-bond donors (Lipinski definition) is 0. The summed E-state index contributed by atoms with van der Waals surface area (Å²) in [6, 6.07) is 13.1. The van der Waals surface area contributed by atoms with E-state index in [1.54, 1.807) is 18.0 Å². The molecule has 3 rings (SSSR count). The van der Waals surface area contributed by atoms with Gasteiger partial charge in [0.2, 0.25) is 0 Å². The molecular weight excluding hydrogens is 302 g/mol. The molecule has 4 nitrogen and oxygen atoms in total. The van der Waals surface area contributed by atoms with Gasteiger partial charge in [-0.05, 0) is 42.2 Å². The van der Waals surface area contributed by atoms with Gasteiger partial charge in [0.05, 0.1) is 5.56 Å². The van der Waals surface area contributed by atoms with Gasteiger partial charge in [0.1, 0.15) is 5.75 Å². The third kappa shape index (κ3) is 2.92. The minimum absolute atomic E-state index is 0.0947. The van der Waals surface area contributed by atoms with Gasteiger partial charge in [0.15, 0.2) is 12.4 Å². The van der Waals surface area contributed by atoms with Gasteiger partial charge >= 0.3 is 0 Å². The molecule has 0 spiro atoms. The lowest BCUT2D eigenvalue weighted by Gasteiger charge is -2.18. The van der Waals surface area contributed by atoms with E-state index in [-0.39, 0.29) is 24.2 Å². The van der Waals surface area contributed by atoms with Crippen molar-refractivity contribution < 1.29 is 14.3 Å². The van der Waals surface area contributed by atoms with Crippen LogP contribution in [0.15, 0.2) is 42.5 Å². The Morgan fingerprint density at radius 1 is 1.21 bits per heavy atom. The quantitative estimate of drug-likeness (QED) is 0.861. The summed E-state index contributed by atoms with van der Waals surface area (Å²) in [4.78, 5) is 26.2. The fourth-order valence-electron chi connectivity index (χ4n) is 3.26. The van der Waals surface area contributed by atoms with Crippen LogP contribution in [0, 0.1) is 6.92 Å². The van der Waals surface area contributed by atoms with E-state index in [2.05, 4.69) is 6.92 Å². The fraction of sp³-hybridized carbons (Fsp3) is 0.300. The molecule has 24 heavy (non-hydrogen) atoms. The number of ether oxygens (including phenoxy) is 1. The summed E-state index contributed by atoms with van der Waals surface area (Å²) in [6.07, 6.45) is 0.508. The van der Waals surface area contributed by atoms with Gasteiger partial charge in [-0.25, -0.2) is 0 Å². The van der Waals surface area contributed by atoms with Crippen LogP contribution in [0.3, 0.4) is 0 Å². The van der Waals surface area contributed by atoms with Gasteiger partial charge < -0.3 is 9.64 Å². The number of ketones is 1. The lowest BCUT2D eigenvalue weighted by atomic mass is 9.97. The second kappa shape index (κ2) is 6.48. The van der Waals surface area contributed by atoms with E-state index in [0.29, 0.717) is 17.7 Å². The molecule has 0 N–H and O–H groups in total. The second-order valence-electron chi connectivity index (χ2n) is 6.27. The van der Waals surface area contributed by atoms with E-state index in [0.717, 1.165) is 16.8 Å². The first-order valence-electron chi connectivity index (χ1n) is 8.10. The molecule has 4 heteroatoms. The predicted molar refractivity (Wildman–Crippen MR) is 93.9 cm³/mol. The number of fused-ring (bicyclic) bond motifs is 1. The Hall–Kier alpha value is -2.62. The van der Waals surface area contributed by atoms with Crippen molar-refractivity contribution in [3.05, 3.63) is 59.2 Å². The van der Waals surface area contributed by atoms with E-state index in [1.165, 1.54) is 0 Å². The van der Waals surface area contributed by atoms with Crippen LogP contribution in [0.25, 0.3) is 0 Å². The fourth-order valence-corrected chi connectivity index (χ4v) is 3.26. The SMILES string of the molecule is Cc1ccc(OCC(=O)N(C)c2ccccc2)c2c1C(C)CC2=O. The highest BCUT2D eigenvalue weighted by Gasteiger charge is 2.31. The minimum atomic E-state index is -0.158. The number of nitrogens with zero attached hydrogens (tertiary/aromatic N) is 1. The number of aryl methyl sites for hydroxylation is 1. The van der Waals surface area contributed by atoms with Crippen molar-refractivity contribution in [2.24, 2.45) is 0 Å². The van der Waals surface area contributed by atoms with Crippen LogP contribution in [-0.2, 0) is 4.79 Å². The Labute approximate surface area is 142 Å². The maximum atomic E-state index is 12.3. The lowest BCUT2D eigenvalue weighted by molar-refractivity contribution is -0.120. The highest BCUT2D eigenvalue weighted by Crippen LogP contribution is 2.40. The number of Topliss-reactive ketones (excluding diaryl/α,β-unsaturated/α-hetero) is 1. The van der Waals surface area contributed by atoms with Crippen LogP contribution >= 0.6 is 0 Å². The average molecular weight is 323 g/mol. The van der Waals surface area contributed by atoms with Crippen molar-refractivity contribution in [2.75, 3.05) is 18.6 Å². The number of rotatable bonds is 4. The molecule has 0 aliphatic heterocycles. The van der Waals surface area contributed by atoms with Crippen LogP contribution in [-0.4, -0.2) is 25.3 Å². The van der Waals surface area contributed by atoms with E-state index in [1.807, 2.05) is 43.3 Å². The van der Waals surface area contributed by atoms with Crippen LogP contribution in [0.4, 0.5) is 5.69 Å². The maximum absolute atomic E-state index is 12.3. The van der Waals surface area contributed by atoms with Crippen molar-refractivity contribution in [3.63, 3.8) is 0 Å². The van der Waals surface area contributed by atoms with Crippen molar-refractivity contribution in [1.82, 2.24) is 0 Å². The van der Waals surface area contributed by atoms with Crippen molar-refractivity contribution in [3.8, 4) is 5.75 Å². The van der Waals surface area contributed by atoms with E-state index < -0.39 is 0 Å². The molecule has 2 aromatic carbocycles. The zero-order valence-corrected chi connectivity index (χ0v) is 14.2. The van der Waals surface area contributed by atoms with E-state index in [4.69, 9.17) is 4.74 Å². The van der Waals surface area contributed by atoms with Gasteiger partial charge in [0, 0.05) is 19.2 Å². The number of carbonyl (C=O) groups excluding carboxylic acids is 2. The number of para-hydroxylation sites is 1. The first-order chi connectivity index (χ1) is 11.5. The first kappa shape index (κ1) is 16.2. The number of anilines is 1. The van der Waals surface area contributed by atoms with Crippen molar-refractivity contribution in [1.29, 1.82) is 0 Å². The Morgan fingerprint density at radius 3 is 2.62 bits per heavy atom. The Kier molecular flexibility index (Phi) is 4.38. The Balaban J connectivity index is 1.76. The molecule has 1 aliphatic rings.